The molecule has 0 radical (unpaired) electrons. The van der Waals surface area contributed by atoms with Crippen LogP contribution in [0, 0.1) is 5.41 Å². The number of phenolic OH excluding ortho intramolecular Hbond substituents is 1. The van der Waals surface area contributed by atoms with Crippen LogP contribution in [-0.4, -0.2) is 5.11 Å². The molecule has 2 rings (SSSR count). The maximum Gasteiger partial charge on any atom is 0.123 e. The number of hydrogen-bond acceptors (Lipinski definition) is 1. The second kappa shape index (κ2) is 7.82. The minimum absolute atomic E-state index is 0. The summed E-state index contributed by atoms with van der Waals surface area (Å²) in [5, 5.41) is 10.0. The van der Waals surface area contributed by atoms with Gasteiger partial charge in [0.2, 0.25) is 0 Å². The number of aromatic hydroxyl groups is 1. The van der Waals surface area contributed by atoms with Crippen LogP contribution in [0.5, 0.6) is 5.75 Å². The molecular weight excluding hydrogens is 458 g/mol. The van der Waals surface area contributed by atoms with Gasteiger partial charge in [0.05, 0.1) is 0 Å². The van der Waals surface area contributed by atoms with Crippen molar-refractivity contribution >= 4 is 30.4 Å². The van der Waals surface area contributed by atoms with Crippen molar-refractivity contribution in [3.63, 3.8) is 0 Å². The van der Waals surface area contributed by atoms with Crippen molar-refractivity contribution in [1.82, 2.24) is 0 Å². The molecule has 0 saturated carbocycles. The molecular formula is C16H22Cl2HfO. The van der Waals surface area contributed by atoms with Crippen LogP contribution in [0.25, 0.3) is 5.57 Å². The first kappa shape index (κ1) is 22.2. The van der Waals surface area contributed by atoms with Crippen LogP contribution < -0.4 is 0 Å². The molecule has 4 heteroatoms. The molecule has 0 saturated heterocycles. The second-order valence-corrected chi connectivity index (χ2v) is 5.39. The van der Waals surface area contributed by atoms with Crippen LogP contribution in [-0.2, 0) is 25.8 Å². The quantitative estimate of drug-likeness (QED) is 0.536. The third-order valence-corrected chi connectivity index (χ3v) is 4.24. The van der Waals surface area contributed by atoms with Gasteiger partial charge in [-0.1, -0.05) is 37.6 Å². The summed E-state index contributed by atoms with van der Waals surface area (Å²) in [6.07, 6.45) is 0. The van der Waals surface area contributed by atoms with Gasteiger partial charge in [-0.25, -0.2) is 0 Å². The van der Waals surface area contributed by atoms with Gasteiger partial charge in [-0.2, -0.15) is 0 Å². The SMILES string of the molecule is CC1=C(C)C(C)(C)C(c2ccccc2O)=C1C.Cl.Cl.[Hf]. The first-order valence-corrected chi connectivity index (χ1v) is 6.05. The van der Waals surface area contributed by atoms with Crippen LogP contribution in [0.1, 0.15) is 40.2 Å². The van der Waals surface area contributed by atoms with Crippen molar-refractivity contribution < 1.29 is 30.9 Å². The standard InChI is InChI=1S/C16H20O.2ClH.Hf/c1-10-11(2)15(16(4,5)12(10)3)13-8-6-7-9-14(13)17;;;/h6-9,17H,1-5H3;2*1H;. The van der Waals surface area contributed by atoms with E-state index in [-0.39, 0.29) is 56.1 Å². The Morgan fingerprint density at radius 3 is 1.80 bits per heavy atom. The average molecular weight is 480 g/mol. The Hall–Kier alpha value is -0.0499. The topological polar surface area (TPSA) is 20.2 Å². The molecule has 20 heavy (non-hydrogen) atoms. The Morgan fingerprint density at radius 2 is 1.40 bits per heavy atom. The van der Waals surface area contributed by atoms with Crippen LogP contribution in [0.2, 0.25) is 0 Å². The van der Waals surface area contributed by atoms with Gasteiger partial charge >= 0.3 is 0 Å². The first-order valence-electron chi connectivity index (χ1n) is 6.05. The summed E-state index contributed by atoms with van der Waals surface area (Å²) in [7, 11) is 0. The Morgan fingerprint density at radius 1 is 0.900 bits per heavy atom. The van der Waals surface area contributed by atoms with E-state index in [9.17, 15) is 5.11 Å². The number of para-hydroxylation sites is 1. The number of allylic oxidation sites excluding steroid dienone is 4. The molecule has 1 aliphatic rings. The van der Waals surface area contributed by atoms with Crippen LogP contribution in [0.4, 0.5) is 0 Å². The fourth-order valence-corrected chi connectivity index (χ4v) is 2.82. The first-order chi connectivity index (χ1) is 7.87. The van der Waals surface area contributed by atoms with Crippen molar-refractivity contribution in [2.24, 2.45) is 5.41 Å². The van der Waals surface area contributed by atoms with E-state index in [1.807, 2.05) is 18.2 Å². The largest absolute Gasteiger partial charge is 0.507 e. The summed E-state index contributed by atoms with van der Waals surface area (Å²) in [6.45, 7) is 11.0. The molecule has 0 atom stereocenters. The molecule has 0 aliphatic heterocycles. The summed E-state index contributed by atoms with van der Waals surface area (Å²) in [6, 6.07) is 7.61. The Kier molecular flexibility index (Phi) is 8.69. The second-order valence-electron chi connectivity index (χ2n) is 5.39. The van der Waals surface area contributed by atoms with Gasteiger partial charge in [-0.15, -0.1) is 24.8 Å². The van der Waals surface area contributed by atoms with E-state index >= 15 is 0 Å². The zero-order valence-electron chi connectivity index (χ0n) is 12.6. The summed E-state index contributed by atoms with van der Waals surface area (Å²) >= 11 is 0. The zero-order valence-corrected chi connectivity index (χ0v) is 17.8. The van der Waals surface area contributed by atoms with Gasteiger partial charge in [0.25, 0.3) is 0 Å². The molecule has 0 aromatic heterocycles. The van der Waals surface area contributed by atoms with Crippen LogP contribution in [0.3, 0.4) is 0 Å². The van der Waals surface area contributed by atoms with Crippen molar-refractivity contribution in [3.05, 3.63) is 46.5 Å². The predicted molar refractivity (Wildman–Crippen MR) is 87.4 cm³/mol. The van der Waals surface area contributed by atoms with E-state index < -0.39 is 0 Å². The van der Waals surface area contributed by atoms with Crippen molar-refractivity contribution in [1.29, 1.82) is 0 Å². The zero-order chi connectivity index (χ0) is 12.8. The van der Waals surface area contributed by atoms with Crippen molar-refractivity contribution in [2.75, 3.05) is 0 Å². The van der Waals surface area contributed by atoms with Gasteiger partial charge in [-0.3, -0.25) is 0 Å². The molecule has 0 unspecified atom stereocenters. The third kappa shape index (κ3) is 3.40. The Bertz CT molecular complexity index is 545. The fourth-order valence-electron chi connectivity index (χ4n) is 2.82. The maximum absolute atomic E-state index is 10.0. The van der Waals surface area contributed by atoms with Gasteiger partial charge < -0.3 is 5.11 Å². The van der Waals surface area contributed by atoms with Crippen LogP contribution >= 0.6 is 24.8 Å². The molecule has 0 fully saturated rings. The molecule has 1 nitrogen and oxygen atoms in total. The molecule has 110 valence electrons. The molecule has 0 heterocycles. The third-order valence-electron chi connectivity index (χ3n) is 4.24. The van der Waals surface area contributed by atoms with Crippen molar-refractivity contribution in [3.8, 4) is 5.75 Å². The fraction of sp³-hybridized carbons (Fsp3) is 0.375. The molecule has 1 aliphatic carbocycles. The van der Waals surface area contributed by atoms with Crippen LogP contribution in [0.15, 0.2) is 41.0 Å². The molecule has 0 bridgehead atoms. The Balaban J connectivity index is 0. The summed E-state index contributed by atoms with van der Waals surface area (Å²) in [5.74, 6) is 0.373. The van der Waals surface area contributed by atoms with Gasteiger partial charge in [0.15, 0.2) is 0 Å². The molecule has 0 amide bonds. The summed E-state index contributed by atoms with van der Waals surface area (Å²) in [4.78, 5) is 0. The molecule has 1 N–H and O–H groups in total. The Labute approximate surface area is 153 Å². The maximum atomic E-state index is 10.0. The van der Waals surface area contributed by atoms with E-state index in [0.29, 0.717) is 5.75 Å². The minimum atomic E-state index is 0. The number of hydrogen-bond donors (Lipinski definition) is 1. The monoisotopic (exact) mass is 480 g/mol. The number of halogens is 2. The van der Waals surface area contributed by atoms with Gasteiger partial charge in [0, 0.05) is 36.8 Å². The smallest absolute Gasteiger partial charge is 0.123 e. The van der Waals surface area contributed by atoms with E-state index in [0.717, 1.165) is 5.56 Å². The van der Waals surface area contributed by atoms with E-state index in [2.05, 4.69) is 34.6 Å². The predicted octanol–water partition coefficient (Wildman–Crippen LogP) is 5.38. The number of rotatable bonds is 1. The molecule has 0 spiro atoms. The number of phenols is 1. The van der Waals surface area contributed by atoms with Gasteiger partial charge in [0.1, 0.15) is 5.75 Å². The summed E-state index contributed by atoms with van der Waals surface area (Å²) in [5.41, 5.74) is 6.28. The molecule has 1 aromatic rings. The number of benzene rings is 1. The molecule has 1 aromatic carbocycles. The van der Waals surface area contributed by atoms with E-state index in [1.54, 1.807) is 6.07 Å². The van der Waals surface area contributed by atoms with E-state index in [4.69, 9.17) is 0 Å². The minimum Gasteiger partial charge on any atom is -0.507 e. The summed E-state index contributed by atoms with van der Waals surface area (Å²) < 4.78 is 0. The van der Waals surface area contributed by atoms with E-state index in [1.165, 1.54) is 22.3 Å². The van der Waals surface area contributed by atoms with Crippen molar-refractivity contribution in [2.45, 2.75) is 34.6 Å². The normalized spacial score (nSPS) is 16.2. The average Bonchev–Trinajstić information content (AvgIpc) is 2.42. The van der Waals surface area contributed by atoms with Gasteiger partial charge in [-0.05, 0) is 43.6 Å².